The lowest BCUT2D eigenvalue weighted by Gasteiger charge is -2.33. The Hall–Kier alpha value is -1.76. The number of carbonyl (C=O) groups is 1. The molecular weight excluding hydrogens is 352 g/mol. The Balaban J connectivity index is 1.73. The molecule has 3 heterocycles. The minimum Gasteiger partial charge on any atom is -0.370 e. The number of aryl methyl sites for hydroxylation is 2. The molecule has 1 aromatic rings. The number of anilines is 2. The molecular formula is C20H29F2N3O2. The van der Waals surface area contributed by atoms with Crippen molar-refractivity contribution in [3.05, 3.63) is 17.3 Å². The number of alkyl halides is 2. The number of nitrogens with one attached hydrogen (secondary N) is 1. The van der Waals surface area contributed by atoms with Crippen LogP contribution in [0.15, 0.2) is 6.07 Å². The van der Waals surface area contributed by atoms with Crippen molar-refractivity contribution in [3.63, 3.8) is 0 Å². The molecule has 0 radical (unpaired) electrons. The molecule has 0 bridgehead atoms. The highest BCUT2D eigenvalue weighted by atomic mass is 19.3. The molecule has 2 aliphatic heterocycles. The number of ether oxygens (including phenoxy) is 1. The largest absolute Gasteiger partial charge is 0.370 e. The van der Waals surface area contributed by atoms with Gasteiger partial charge in [0.05, 0.1) is 17.5 Å². The second-order valence-electron chi connectivity index (χ2n) is 8.95. The number of amides is 1. The second-order valence-corrected chi connectivity index (χ2v) is 8.95. The van der Waals surface area contributed by atoms with Crippen LogP contribution in [-0.2, 0) is 16.0 Å². The molecule has 1 atom stereocenters. The SMILES string of the molecule is Cc1cc2c(nc1NC(=O)CC(C)(C)C)CCCN2CC1CC(F)(F)CO1. The van der Waals surface area contributed by atoms with Crippen molar-refractivity contribution in [2.24, 2.45) is 5.41 Å². The number of fused-ring (bicyclic) bond motifs is 1. The minimum atomic E-state index is -2.72. The first kappa shape index (κ1) is 20.0. The van der Waals surface area contributed by atoms with Crippen LogP contribution < -0.4 is 10.2 Å². The summed E-state index contributed by atoms with van der Waals surface area (Å²) in [6.45, 7) is 8.72. The summed E-state index contributed by atoms with van der Waals surface area (Å²) in [7, 11) is 0. The first-order valence-corrected chi connectivity index (χ1v) is 9.57. The highest BCUT2D eigenvalue weighted by Gasteiger charge is 2.41. The number of hydrogen-bond acceptors (Lipinski definition) is 4. The number of aromatic nitrogens is 1. The summed E-state index contributed by atoms with van der Waals surface area (Å²) in [6, 6.07) is 2.00. The van der Waals surface area contributed by atoms with E-state index in [4.69, 9.17) is 4.74 Å². The zero-order valence-electron chi connectivity index (χ0n) is 16.6. The Morgan fingerprint density at radius 1 is 1.44 bits per heavy atom. The average Bonchev–Trinajstić information content (AvgIpc) is 2.86. The summed E-state index contributed by atoms with van der Waals surface area (Å²) >= 11 is 0. The van der Waals surface area contributed by atoms with E-state index in [1.54, 1.807) is 0 Å². The molecule has 5 nitrogen and oxygen atoms in total. The van der Waals surface area contributed by atoms with E-state index >= 15 is 0 Å². The molecule has 27 heavy (non-hydrogen) atoms. The number of hydrogen-bond donors (Lipinski definition) is 1. The van der Waals surface area contributed by atoms with E-state index in [9.17, 15) is 13.6 Å². The summed E-state index contributed by atoms with van der Waals surface area (Å²) in [6.07, 6.45) is 1.45. The van der Waals surface area contributed by atoms with Crippen molar-refractivity contribution in [3.8, 4) is 0 Å². The molecule has 150 valence electrons. The Labute approximate surface area is 159 Å². The average molecular weight is 381 g/mol. The summed E-state index contributed by atoms with van der Waals surface area (Å²) < 4.78 is 32.1. The van der Waals surface area contributed by atoms with Gasteiger partial charge in [0.25, 0.3) is 5.92 Å². The van der Waals surface area contributed by atoms with Gasteiger partial charge >= 0.3 is 0 Å². The topological polar surface area (TPSA) is 54.5 Å². The third-order valence-corrected chi connectivity index (χ3v) is 4.88. The fraction of sp³-hybridized carbons (Fsp3) is 0.700. The number of carbonyl (C=O) groups excluding carboxylic acids is 1. The van der Waals surface area contributed by atoms with E-state index in [2.05, 4.69) is 15.2 Å². The van der Waals surface area contributed by atoms with Gasteiger partial charge in [-0.25, -0.2) is 13.8 Å². The molecule has 7 heteroatoms. The van der Waals surface area contributed by atoms with E-state index in [-0.39, 0.29) is 17.7 Å². The summed E-state index contributed by atoms with van der Waals surface area (Å²) in [4.78, 5) is 19.0. The predicted octanol–water partition coefficient (Wildman–Crippen LogP) is 3.94. The van der Waals surface area contributed by atoms with E-state index in [1.165, 1.54) is 0 Å². The van der Waals surface area contributed by atoms with Gasteiger partial charge in [-0.1, -0.05) is 20.8 Å². The highest BCUT2D eigenvalue weighted by molar-refractivity contribution is 5.91. The Kier molecular flexibility index (Phi) is 5.43. The van der Waals surface area contributed by atoms with Crippen LogP contribution in [0.4, 0.5) is 20.3 Å². The summed E-state index contributed by atoms with van der Waals surface area (Å²) in [5, 5.41) is 2.92. The first-order valence-electron chi connectivity index (χ1n) is 9.57. The number of rotatable bonds is 4. The van der Waals surface area contributed by atoms with Gasteiger partial charge in [-0.3, -0.25) is 4.79 Å². The molecule has 1 fully saturated rings. The predicted molar refractivity (Wildman–Crippen MR) is 102 cm³/mol. The first-order chi connectivity index (χ1) is 12.5. The molecule has 1 aromatic heterocycles. The fourth-order valence-electron chi connectivity index (χ4n) is 3.68. The summed E-state index contributed by atoms with van der Waals surface area (Å²) in [5.74, 6) is -2.18. The normalized spacial score (nSPS) is 21.9. The van der Waals surface area contributed by atoms with Crippen LogP contribution in [-0.4, -0.2) is 42.6 Å². The fourth-order valence-corrected chi connectivity index (χ4v) is 3.68. The molecule has 0 aliphatic carbocycles. The molecule has 1 saturated heterocycles. The van der Waals surface area contributed by atoms with Gasteiger partial charge in [0.2, 0.25) is 5.91 Å². The maximum Gasteiger partial charge on any atom is 0.273 e. The van der Waals surface area contributed by atoms with Crippen molar-refractivity contribution in [1.29, 1.82) is 0 Å². The van der Waals surface area contributed by atoms with E-state index < -0.39 is 18.6 Å². The van der Waals surface area contributed by atoms with E-state index in [1.807, 2.05) is 33.8 Å². The molecule has 0 aromatic carbocycles. The molecule has 1 unspecified atom stereocenters. The standard InChI is InChI=1S/C20H29F2N3O2/c1-13-8-16-15(23-18(13)24-17(26)10-19(2,3)4)6-5-7-25(16)11-14-9-20(21,22)12-27-14/h8,14H,5-7,9-12H2,1-4H3,(H,23,24,26). The summed E-state index contributed by atoms with van der Waals surface area (Å²) in [5.41, 5.74) is 2.65. The lowest BCUT2D eigenvalue weighted by atomic mass is 9.92. The lowest BCUT2D eigenvalue weighted by Crippen LogP contribution is -2.37. The van der Waals surface area contributed by atoms with E-state index in [0.29, 0.717) is 18.8 Å². The molecule has 1 amide bonds. The molecule has 2 aliphatic rings. The molecule has 1 N–H and O–H groups in total. The van der Waals surface area contributed by atoms with E-state index in [0.717, 1.165) is 36.3 Å². The molecule has 3 rings (SSSR count). The van der Waals surface area contributed by atoms with Crippen molar-refractivity contribution in [1.82, 2.24) is 4.98 Å². The van der Waals surface area contributed by atoms with Crippen LogP contribution in [0.3, 0.4) is 0 Å². The Morgan fingerprint density at radius 3 is 2.81 bits per heavy atom. The third kappa shape index (κ3) is 5.15. The third-order valence-electron chi connectivity index (χ3n) is 4.88. The van der Waals surface area contributed by atoms with Crippen LogP contribution in [0.2, 0.25) is 0 Å². The Morgan fingerprint density at radius 2 is 2.19 bits per heavy atom. The Bertz CT molecular complexity index is 716. The maximum absolute atomic E-state index is 13.4. The molecule has 0 saturated carbocycles. The van der Waals surface area contributed by atoms with Gasteiger partial charge in [-0.2, -0.15) is 0 Å². The monoisotopic (exact) mass is 381 g/mol. The van der Waals surface area contributed by atoms with Crippen LogP contribution in [0.5, 0.6) is 0 Å². The van der Waals surface area contributed by atoms with Crippen LogP contribution in [0.25, 0.3) is 0 Å². The van der Waals surface area contributed by atoms with Gasteiger partial charge in [-0.05, 0) is 36.8 Å². The minimum absolute atomic E-state index is 0.0488. The van der Waals surface area contributed by atoms with Crippen LogP contribution in [0.1, 0.15) is 51.3 Å². The maximum atomic E-state index is 13.4. The van der Waals surface area contributed by atoms with Crippen LogP contribution >= 0.6 is 0 Å². The van der Waals surface area contributed by atoms with Crippen LogP contribution in [0, 0.1) is 12.3 Å². The second kappa shape index (κ2) is 7.34. The van der Waals surface area contributed by atoms with Crippen molar-refractivity contribution in [2.45, 2.75) is 65.4 Å². The van der Waals surface area contributed by atoms with Crippen molar-refractivity contribution < 1.29 is 18.3 Å². The van der Waals surface area contributed by atoms with Crippen molar-refractivity contribution >= 4 is 17.4 Å². The molecule has 0 spiro atoms. The quantitative estimate of drug-likeness (QED) is 0.858. The van der Waals surface area contributed by atoms with Gasteiger partial charge in [0.15, 0.2) is 0 Å². The van der Waals surface area contributed by atoms with Crippen molar-refractivity contribution in [2.75, 3.05) is 29.9 Å². The lowest BCUT2D eigenvalue weighted by molar-refractivity contribution is -0.117. The number of pyridine rings is 1. The number of nitrogens with zero attached hydrogens (tertiary/aromatic N) is 2. The smallest absolute Gasteiger partial charge is 0.273 e. The van der Waals surface area contributed by atoms with Gasteiger partial charge < -0.3 is 15.0 Å². The van der Waals surface area contributed by atoms with Gasteiger partial charge in [0, 0.05) is 25.9 Å². The zero-order chi connectivity index (χ0) is 19.8. The number of halogens is 2. The highest BCUT2D eigenvalue weighted by Crippen LogP contribution is 2.34. The van der Waals surface area contributed by atoms with Gasteiger partial charge in [0.1, 0.15) is 12.4 Å². The zero-order valence-corrected chi connectivity index (χ0v) is 16.6. The van der Waals surface area contributed by atoms with Gasteiger partial charge in [-0.15, -0.1) is 0 Å².